The summed E-state index contributed by atoms with van der Waals surface area (Å²) in [5, 5.41) is 7.20. The summed E-state index contributed by atoms with van der Waals surface area (Å²) in [5.74, 6) is 0.213. The van der Waals surface area contributed by atoms with E-state index in [9.17, 15) is 9.59 Å². The number of aromatic amines is 1. The Morgan fingerprint density at radius 2 is 1.77 bits per heavy atom. The minimum atomic E-state index is -0.735. The fourth-order valence-corrected chi connectivity index (χ4v) is 5.46. The molecule has 4 aromatic rings. The first-order valence-corrected chi connectivity index (χ1v) is 13.8. The average molecular weight is 524 g/mol. The quantitative estimate of drug-likeness (QED) is 0.258. The first-order chi connectivity index (χ1) is 19.0. The zero-order chi connectivity index (χ0) is 27.2. The van der Waals surface area contributed by atoms with Gasteiger partial charge in [0.2, 0.25) is 5.91 Å². The van der Waals surface area contributed by atoms with E-state index in [-0.39, 0.29) is 11.9 Å². The Balaban J connectivity index is 1.32. The van der Waals surface area contributed by atoms with Crippen LogP contribution < -0.4 is 16.4 Å². The predicted molar refractivity (Wildman–Crippen MR) is 157 cm³/mol. The molecule has 2 heterocycles. The van der Waals surface area contributed by atoms with Crippen LogP contribution in [0.2, 0.25) is 0 Å². The lowest BCUT2D eigenvalue weighted by Gasteiger charge is -2.33. The van der Waals surface area contributed by atoms with Gasteiger partial charge in [-0.25, -0.2) is 4.79 Å². The van der Waals surface area contributed by atoms with Crippen molar-refractivity contribution in [2.75, 3.05) is 25.0 Å². The molecule has 5 N–H and O–H groups in total. The van der Waals surface area contributed by atoms with E-state index in [0.717, 1.165) is 52.5 Å². The number of amides is 3. The second-order valence-corrected chi connectivity index (χ2v) is 10.4. The molecule has 3 aromatic carbocycles. The standard InChI is InChI=1S/C32H37N5O2/c1-22-11-12-23(13-16-33)19-29(22)35-31(38)30(20-26-21-34-28-10-6-5-9-27(26)28)36-32(39)37-17-14-25(15-18-37)24-7-3-2-4-8-24/h2-12,19,21,25,30,34H,13-18,20,33H2,1H3,(H,35,38)(H,36,39). The number of aryl methyl sites for hydroxylation is 1. The Bertz CT molecular complexity index is 1420. The van der Waals surface area contributed by atoms with Gasteiger partial charge in [0.25, 0.3) is 0 Å². The minimum absolute atomic E-state index is 0.199. The van der Waals surface area contributed by atoms with Crippen LogP contribution >= 0.6 is 0 Å². The molecule has 3 amide bonds. The number of para-hydroxylation sites is 1. The minimum Gasteiger partial charge on any atom is -0.361 e. The molecule has 0 aliphatic carbocycles. The molecular weight excluding hydrogens is 486 g/mol. The summed E-state index contributed by atoms with van der Waals surface area (Å²) in [7, 11) is 0. The highest BCUT2D eigenvalue weighted by atomic mass is 16.2. The Morgan fingerprint density at radius 1 is 1.03 bits per heavy atom. The van der Waals surface area contributed by atoms with Gasteiger partial charge in [-0.2, -0.15) is 0 Å². The molecule has 1 saturated heterocycles. The van der Waals surface area contributed by atoms with Crippen LogP contribution in [0.1, 0.15) is 41.0 Å². The largest absolute Gasteiger partial charge is 0.361 e. The van der Waals surface area contributed by atoms with Crippen molar-refractivity contribution in [1.82, 2.24) is 15.2 Å². The number of H-pyrrole nitrogens is 1. The third-order valence-corrected chi connectivity index (χ3v) is 7.76. The molecule has 0 bridgehead atoms. The number of carbonyl (C=O) groups excluding carboxylic acids is 2. The highest BCUT2D eigenvalue weighted by Crippen LogP contribution is 2.28. The topological polar surface area (TPSA) is 103 Å². The summed E-state index contributed by atoms with van der Waals surface area (Å²) < 4.78 is 0. The number of hydrogen-bond acceptors (Lipinski definition) is 3. The first kappa shape index (κ1) is 26.5. The number of aromatic nitrogens is 1. The molecule has 202 valence electrons. The van der Waals surface area contributed by atoms with Crippen LogP contribution in [0.3, 0.4) is 0 Å². The SMILES string of the molecule is Cc1ccc(CCN)cc1NC(=O)C(Cc1c[nH]c2ccccc12)NC(=O)N1CCC(c2ccccc2)CC1. The molecule has 0 saturated carbocycles. The van der Waals surface area contributed by atoms with E-state index in [2.05, 4.69) is 39.9 Å². The third kappa shape index (κ3) is 6.32. The average Bonchev–Trinajstić information content (AvgIpc) is 3.38. The van der Waals surface area contributed by atoms with Gasteiger partial charge in [-0.3, -0.25) is 4.79 Å². The lowest BCUT2D eigenvalue weighted by atomic mass is 9.89. The van der Waals surface area contributed by atoms with E-state index < -0.39 is 6.04 Å². The van der Waals surface area contributed by atoms with Crippen molar-refractivity contribution in [2.24, 2.45) is 5.73 Å². The Kier molecular flexibility index (Phi) is 8.27. The summed E-state index contributed by atoms with van der Waals surface area (Å²) in [6.45, 7) is 3.82. The molecule has 1 aromatic heterocycles. The summed E-state index contributed by atoms with van der Waals surface area (Å²) in [5.41, 5.74) is 11.8. The Hall–Kier alpha value is -4.10. The summed E-state index contributed by atoms with van der Waals surface area (Å²) in [6, 6.07) is 23.5. The summed E-state index contributed by atoms with van der Waals surface area (Å²) in [6.07, 6.45) is 4.85. The van der Waals surface area contributed by atoms with Crippen molar-refractivity contribution in [3.05, 3.63) is 101 Å². The number of carbonyl (C=O) groups is 2. The molecule has 0 radical (unpaired) electrons. The number of fused-ring (bicyclic) bond motifs is 1. The zero-order valence-electron chi connectivity index (χ0n) is 22.5. The van der Waals surface area contributed by atoms with Gasteiger partial charge >= 0.3 is 6.03 Å². The van der Waals surface area contributed by atoms with Crippen LogP contribution in [0.4, 0.5) is 10.5 Å². The number of rotatable bonds is 8. The van der Waals surface area contributed by atoms with E-state index in [4.69, 9.17) is 5.73 Å². The maximum Gasteiger partial charge on any atom is 0.318 e. The van der Waals surface area contributed by atoms with Crippen LogP contribution in [-0.2, 0) is 17.6 Å². The van der Waals surface area contributed by atoms with E-state index in [1.165, 1.54) is 5.56 Å². The smallest absolute Gasteiger partial charge is 0.318 e. The lowest BCUT2D eigenvalue weighted by molar-refractivity contribution is -0.118. The summed E-state index contributed by atoms with van der Waals surface area (Å²) in [4.78, 5) is 32.2. The highest BCUT2D eigenvalue weighted by Gasteiger charge is 2.28. The van der Waals surface area contributed by atoms with Gasteiger partial charge in [0.1, 0.15) is 6.04 Å². The van der Waals surface area contributed by atoms with E-state index >= 15 is 0 Å². The van der Waals surface area contributed by atoms with Crippen LogP contribution in [0.5, 0.6) is 0 Å². The van der Waals surface area contributed by atoms with Gasteiger partial charge < -0.3 is 26.3 Å². The van der Waals surface area contributed by atoms with Gasteiger partial charge in [-0.15, -0.1) is 0 Å². The molecule has 1 atom stereocenters. The number of hydrogen-bond donors (Lipinski definition) is 4. The molecule has 7 nitrogen and oxygen atoms in total. The molecule has 7 heteroatoms. The maximum atomic E-state index is 13.7. The van der Waals surface area contributed by atoms with Gasteiger partial charge in [-0.05, 0) is 73.0 Å². The van der Waals surface area contributed by atoms with Gasteiger partial charge in [0.15, 0.2) is 0 Å². The van der Waals surface area contributed by atoms with Crippen LogP contribution in [-0.4, -0.2) is 47.5 Å². The fraction of sp³-hybridized carbons (Fsp3) is 0.312. The molecule has 1 aliphatic heterocycles. The van der Waals surface area contributed by atoms with Crippen molar-refractivity contribution in [3.63, 3.8) is 0 Å². The number of likely N-dealkylation sites (tertiary alicyclic amines) is 1. The fourth-order valence-electron chi connectivity index (χ4n) is 5.46. The number of benzene rings is 3. The molecule has 0 spiro atoms. The van der Waals surface area contributed by atoms with Crippen molar-refractivity contribution in [3.8, 4) is 0 Å². The van der Waals surface area contributed by atoms with Crippen LogP contribution in [0.15, 0.2) is 79.0 Å². The number of nitrogens with one attached hydrogen (secondary N) is 3. The maximum absolute atomic E-state index is 13.7. The predicted octanol–water partition coefficient (Wildman–Crippen LogP) is 5.12. The number of nitrogens with two attached hydrogens (primary N) is 1. The monoisotopic (exact) mass is 523 g/mol. The number of anilines is 1. The zero-order valence-corrected chi connectivity index (χ0v) is 22.5. The first-order valence-electron chi connectivity index (χ1n) is 13.8. The van der Waals surface area contributed by atoms with Crippen molar-refractivity contribution >= 4 is 28.5 Å². The Labute approximate surface area is 229 Å². The molecular formula is C32H37N5O2. The second kappa shape index (κ2) is 12.2. The molecule has 1 unspecified atom stereocenters. The van der Waals surface area contributed by atoms with E-state index in [1.54, 1.807) is 0 Å². The second-order valence-electron chi connectivity index (χ2n) is 10.4. The third-order valence-electron chi connectivity index (χ3n) is 7.76. The Morgan fingerprint density at radius 3 is 2.54 bits per heavy atom. The van der Waals surface area contributed by atoms with Gasteiger partial charge in [-0.1, -0.05) is 60.7 Å². The highest BCUT2D eigenvalue weighted by molar-refractivity contribution is 5.98. The van der Waals surface area contributed by atoms with E-state index in [0.29, 0.717) is 32.0 Å². The van der Waals surface area contributed by atoms with Crippen LogP contribution in [0.25, 0.3) is 10.9 Å². The van der Waals surface area contributed by atoms with Crippen molar-refractivity contribution in [2.45, 2.75) is 44.6 Å². The normalized spacial score (nSPS) is 14.8. The number of urea groups is 1. The molecule has 1 fully saturated rings. The molecule has 1 aliphatic rings. The number of nitrogens with zero attached hydrogens (tertiary/aromatic N) is 1. The lowest BCUT2D eigenvalue weighted by Crippen LogP contribution is -2.52. The van der Waals surface area contributed by atoms with Crippen molar-refractivity contribution in [1.29, 1.82) is 0 Å². The molecule has 5 rings (SSSR count). The number of piperidine rings is 1. The van der Waals surface area contributed by atoms with Gasteiger partial charge in [0, 0.05) is 42.3 Å². The van der Waals surface area contributed by atoms with Crippen molar-refractivity contribution < 1.29 is 9.59 Å². The summed E-state index contributed by atoms with van der Waals surface area (Å²) >= 11 is 0. The molecule has 39 heavy (non-hydrogen) atoms. The van der Waals surface area contributed by atoms with Crippen LogP contribution in [0, 0.1) is 6.92 Å². The van der Waals surface area contributed by atoms with Gasteiger partial charge in [0.05, 0.1) is 0 Å². The van der Waals surface area contributed by atoms with E-state index in [1.807, 2.05) is 66.6 Å².